The van der Waals surface area contributed by atoms with Gasteiger partial charge in [-0.3, -0.25) is 9.20 Å². The Bertz CT molecular complexity index is 1080. The monoisotopic (exact) mass is 435 g/mol. The molecule has 32 heavy (non-hydrogen) atoms. The molecule has 1 aromatic carbocycles. The van der Waals surface area contributed by atoms with Gasteiger partial charge < -0.3 is 15.5 Å². The molecule has 5 rings (SSSR count). The molecule has 168 valence electrons. The van der Waals surface area contributed by atoms with E-state index in [4.69, 9.17) is 4.98 Å². The minimum Gasteiger partial charge on any atom is -0.352 e. The number of carbonyl (C=O) groups excluding carboxylic acids is 1. The fourth-order valence-electron chi connectivity index (χ4n) is 5.03. The lowest BCUT2D eigenvalue weighted by molar-refractivity contribution is -0.120. The average Bonchev–Trinajstić information content (AvgIpc) is 3.46. The lowest BCUT2D eigenvalue weighted by atomic mass is 9.95. The topological polar surface area (TPSA) is 61.7 Å². The van der Waals surface area contributed by atoms with Crippen molar-refractivity contribution in [2.45, 2.75) is 50.5 Å². The molecule has 0 radical (unpaired) electrons. The van der Waals surface area contributed by atoms with Crippen molar-refractivity contribution in [2.24, 2.45) is 0 Å². The van der Waals surface area contributed by atoms with Gasteiger partial charge in [-0.2, -0.15) is 0 Å². The van der Waals surface area contributed by atoms with E-state index in [1.807, 2.05) is 33.7 Å². The highest BCUT2D eigenvalue weighted by atomic mass is 19.1. The van der Waals surface area contributed by atoms with Gasteiger partial charge in [0.1, 0.15) is 12.4 Å². The molecule has 1 aliphatic carbocycles. The lowest BCUT2D eigenvalue weighted by Gasteiger charge is -2.24. The Labute approximate surface area is 187 Å². The van der Waals surface area contributed by atoms with Gasteiger partial charge >= 0.3 is 0 Å². The van der Waals surface area contributed by atoms with E-state index in [0.29, 0.717) is 17.6 Å². The van der Waals surface area contributed by atoms with E-state index in [-0.39, 0.29) is 24.3 Å². The molecule has 1 amide bonds. The molecular weight excluding hydrogens is 405 g/mol. The highest BCUT2D eigenvalue weighted by molar-refractivity contribution is 5.84. The molecule has 1 aliphatic heterocycles. The maximum absolute atomic E-state index is 14.2. The molecule has 3 aromatic rings. The number of anilines is 2. The third kappa shape index (κ3) is 4.35. The highest BCUT2D eigenvalue weighted by Crippen LogP contribution is 2.33. The summed E-state index contributed by atoms with van der Waals surface area (Å²) in [5.41, 5.74) is 2.69. The molecule has 2 aliphatic rings. The molecule has 0 bridgehead atoms. The Morgan fingerprint density at radius 1 is 1.16 bits per heavy atom. The van der Waals surface area contributed by atoms with Crippen LogP contribution in [0.15, 0.2) is 48.7 Å². The SMILES string of the molecule is O=C(CN(c1cccc(F)c1)c1nc([C@@H]2CCCNC2)c2ccccn12)NC1CCCC1. The first-order valence-corrected chi connectivity index (χ1v) is 11.7. The number of imidazole rings is 1. The summed E-state index contributed by atoms with van der Waals surface area (Å²) in [6, 6.07) is 12.7. The summed E-state index contributed by atoms with van der Waals surface area (Å²) < 4.78 is 16.2. The van der Waals surface area contributed by atoms with Crippen LogP contribution < -0.4 is 15.5 Å². The fourth-order valence-corrected chi connectivity index (χ4v) is 5.03. The van der Waals surface area contributed by atoms with E-state index in [0.717, 1.165) is 62.8 Å². The number of fused-ring (bicyclic) bond motifs is 1. The van der Waals surface area contributed by atoms with Crippen molar-refractivity contribution >= 4 is 23.1 Å². The van der Waals surface area contributed by atoms with E-state index >= 15 is 0 Å². The van der Waals surface area contributed by atoms with Gasteiger partial charge in [0, 0.05) is 30.4 Å². The molecule has 2 aromatic heterocycles. The van der Waals surface area contributed by atoms with Crippen molar-refractivity contribution in [1.29, 1.82) is 0 Å². The van der Waals surface area contributed by atoms with Crippen LogP contribution >= 0.6 is 0 Å². The maximum atomic E-state index is 14.2. The number of carbonyl (C=O) groups is 1. The van der Waals surface area contributed by atoms with Gasteiger partial charge in [0.25, 0.3) is 0 Å². The van der Waals surface area contributed by atoms with Gasteiger partial charge in [-0.15, -0.1) is 0 Å². The van der Waals surface area contributed by atoms with Crippen molar-refractivity contribution < 1.29 is 9.18 Å². The lowest BCUT2D eigenvalue weighted by Crippen LogP contribution is -2.40. The minimum atomic E-state index is -0.332. The second kappa shape index (κ2) is 9.28. The van der Waals surface area contributed by atoms with Gasteiger partial charge in [-0.05, 0) is 62.6 Å². The Morgan fingerprint density at radius 2 is 2.03 bits per heavy atom. The minimum absolute atomic E-state index is 0.0604. The van der Waals surface area contributed by atoms with Crippen molar-refractivity contribution in [1.82, 2.24) is 20.0 Å². The zero-order valence-corrected chi connectivity index (χ0v) is 18.3. The molecule has 6 nitrogen and oxygen atoms in total. The molecular formula is C25H30FN5O. The molecule has 2 fully saturated rings. The molecule has 0 spiro atoms. The zero-order chi connectivity index (χ0) is 21.9. The second-order valence-electron chi connectivity index (χ2n) is 8.91. The number of piperidine rings is 1. The van der Waals surface area contributed by atoms with Crippen molar-refractivity contribution in [3.63, 3.8) is 0 Å². The summed E-state index contributed by atoms with van der Waals surface area (Å²) in [4.78, 5) is 19.9. The number of aromatic nitrogens is 2. The first-order chi connectivity index (χ1) is 15.7. The van der Waals surface area contributed by atoms with Crippen LogP contribution in [0.5, 0.6) is 0 Å². The second-order valence-corrected chi connectivity index (χ2v) is 8.91. The fraction of sp³-hybridized carbons (Fsp3) is 0.440. The molecule has 7 heteroatoms. The number of rotatable bonds is 6. The summed E-state index contributed by atoms with van der Waals surface area (Å²) in [5, 5.41) is 6.63. The van der Waals surface area contributed by atoms with Gasteiger partial charge in [0.15, 0.2) is 0 Å². The number of hydrogen-bond donors (Lipinski definition) is 2. The summed E-state index contributed by atoms with van der Waals surface area (Å²) in [6.45, 7) is 2.02. The van der Waals surface area contributed by atoms with Gasteiger partial charge in [0.2, 0.25) is 11.9 Å². The van der Waals surface area contributed by atoms with Crippen LogP contribution in [0.4, 0.5) is 16.0 Å². The first-order valence-electron chi connectivity index (χ1n) is 11.7. The predicted molar refractivity (Wildman–Crippen MR) is 124 cm³/mol. The largest absolute Gasteiger partial charge is 0.352 e. The van der Waals surface area contributed by atoms with Crippen molar-refractivity contribution in [2.75, 3.05) is 24.5 Å². The van der Waals surface area contributed by atoms with Crippen LogP contribution in [0.25, 0.3) is 5.52 Å². The van der Waals surface area contributed by atoms with Gasteiger partial charge in [0.05, 0.1) is 11.2 Å². The van der Waals surface area contributed by atoms with Gasteiger partial charge in [-0.25, -0.2) is 9.37 Å². The number of halogens is 1. The van der Waals surface area contributed by atoms with Crippen LogP contribution in [-0.4, -0.2) is 41.0 Å². The summed E-state index contributed by atoms with van der Waals surface area (Å²) in [6.07, 6.45) is 8.52. The van der Waals surface area contributed by atoms with Crippen LogP contribution in [0.2, 0.25) is 0 Å². The van der Waals surface area contributed by atoms with Crippen molar-refractivity contribution in [3.05, 3.63) is 60.2 Å². The third-order valence-corrected chi connectivity index (χ3v) is 6.63. The molecule has 1 saturated heterocycles. The van der Waals surface area contributed by atoms with E-state index in [1.54, 1.807) is 6.07 Å². The summed E-state index contributed by atoms with van der Waals surface area (Å²) in [7, 11) is 0. The Kier molecular flexibility index (Phi) is 6.08. The molecule has 1 saturated carbocycles. The zero-order valence-electron chi connectivity index (χ0n) is 18.3. The summed E-state index contributed by atoms with van der Waals surface area (Å²) >= 11 is 0. The number of nitrogens with zero attached hydrogens (tertiary/aromatic N) is 3. The normalized spacial score (nSPS) is 19.3. The molecule has 1 atom stereocenters. The average molecular weight is 436 g/mol. The Morgan fingerprint density at radius 3 is 2.81 bits per heavy atom. The number of nitrogens with one attached hydrogen (secondary N) is 2. The number of pyridine rings is 1. The predicted octanol–water partition coefficient (Wildman–Crippen LogP) is 4.14. The molecule has 3 heterocycles. The van der Waals surface area contributed by atoms with E-state index in [2.05, 4.69) is 16.7 Å². The number of hydrogen-bond acceptors (Lipinski definition) is 4. The van der Waals surface area contributed by atoms with Crippen LogP contribution in [0, 0.1) is 5.82 Å². The third-order valence-electron chi connectivity index (χ3n) is 6.63. The first kappa shape index (κ1) is 20.9. The standard InChI is InChI=1S/C25H30FN5O/c26-19-8-5-11-21(15-19)31(17-23(32)28-20-9-1-2-10-20)25-29-24(18-7-6-13-27-16-18)22-12-3-4-14-30(22)25/h3-5,8,11-12,14-15,18,20,27H,1-2,6-7,9-10,13,16-17H2,(H,28,32)/t18-/m1/s1. The van der Waals surface area contributed by atoms with Gasteiger partial charge in [-0.1, -0.05) is 25.0 Å². The van der Waals surface area contributed by atoms with E-state index in [1.165, 1.54) is 12.1 Å². The van der Waals surface area contributed by atoms with E-state index < -0.39 is 0 Å². The number of benzene rings is 1. The van der Waals surface area contributed by atoms with Crippen LogP contribution in [0.3, 0.4) is 0 Å². The Balaban J connectivity index is 1.54. The van der Waals surface area contributed by atoms with Crippen LogP contribution in [0.1, 0.15) is 50.1 Å². The summed E-state index contributed by atoms with van der Waals surface area (Å²) in [5.74, 6) is 0.570. The molecule has 0 unspecified atom stereocenters. The quantitative estimate of drug-likeness (QED) is 0.611. The van der Waals surface area contributed by atoms with E-state index in [9.17, 15) is 9.18 Å². The smallest absolute Gasteiger partial charge is 0.240 e. The highest BCUT2D eigenvalue weighted by Gasteiger charge is 2.27. The maximum Gasteiger partial charge on any atom is 0.240 e. The number of amides is 1. The molecule has 2 N–H and O–H groups in total. The van der Waals surface area contributed by atoms with Crippen LogP contribution in [-0.2, 0) is 4.79 Å². The Hall–Kier alpha value is -2.93. The van der Waals surface area contributed by atoms with Crippen molar-refractivity contribution in [3.8, 4) is 0 Å².